The monoisotopic (exact) mass is 319 g/mol. The molecule has 2 aromatic rings. The Hall–Kier alpha value is -1.69. The maximum absolute atomic E-state index is 12.3. The molecule has 0 bridgehead atoms. The minimum atomic E-state index is -0.132. The highest BCUT2D eigenvalue weighted by Crippen LogP contribution is 2.17. The summed E-state index contributed by atoms with van der Waals surface area (Å²) in [5.74, 6) is -0.0922. The molecule has 3 rings (SSSR count). The van der Waals surface area contributed by atoms with E-state index in [0.717, 1.165) is 12.8 Å². The van der Waals surface area contributed by atoms with E-state index in [9.17, 15) is 9.59 Å². The van der Waals surface area contributed by atoms with Gasteiger partial charge >= 0.3 is 0 Å². The van der Waals surface area contributed by atoms with Gasteiger partial charge in [-0.15, -0.1) is 11.3 Å². The van der Waals surface area contributed by atoms with Crippen LogP contribution in [0.2, 0.25) is 0 Å². The number of amides is 1. The SMILES string of the molecule is O=C(Cn1cnc2ccsc2c1=O)NC1CCCCCCC1. The molecule has 0 spiro atoms. The molecule has 2 aromatic heterocycles. The zero-order valence-corrected chi connectivity index (χ0v) is 13.4. The summed E-state index contributed by atoms with van der Waals surface area (Å²) in [6.07, 6.45) is 9.72. The molecule has 0 atom stereocenters. The Morgan fingerprint density at radius 1 is 1.27 bits per heavy atom. The van der Waals surface area contributed by atoms with Crippen molar-refractivity contribution >= 4 is 27.5 Å². The first kappa shape index (κ1) is 15.2. The van der Waals surface area contributed by atoms with Crippen molar-refractivity contribution in [1.29, 1.82) is 0 Å². The van der Waals surface area contributed by atoms with Crippen LogP contribution in [0.25, 0.3) is 10.2 Å². The number of carbonyl (C=O) groups is 1. The molecule has 0 saturated heterocycles. The normalized spacial score (nSPS) is 17.1. The van der Waals surface area contributed by atoms with Gasteiger partial charge in [-0.2, -0.15) is 0 Å². The Morgan fingerprint density at radius 2 is 2.00 bits per heavy atom. The van der Waals surface area contributed by atoms with E-state index >= 15 is 0 Å². The van der Waals surface area contributed by atoms with Crippen molar-refractivity contribution in [2.75, 3.05) is 0 Å². The van der Waals surface area contributed by atoms with E-state index in [1.807, 2.05) is 11.4 Å². The molecule has 0 unspecified atom stereocenters. The number of hydrogen-bond donors (Lipinski definition) is 1. The minimum absolute atomic E-state index is 0.0518. The van der Waals surface area contributed by atoms with E-state index in [1.165, 1.54) is 54.3 Å². The highest BCUT2D eigenvalue weighted by molar-refractivity contribution is 7.17. The van der Waals surface area contributed by atoms with E-state index in [1.54, 1.807) is 0 Å². The van der Waals surface area contributed by atoms with Crippen molar-refractivity contribution in [2.24, 2.45) is 0 Å². The van der Waals surface area contributed by atoms with Gasteiger partial charge in [-0.1, -0.05) is 32.1 Å². The molecule has 118 valence electrons. The van der Waals surface area contributed by atoms with Gasteiger partial charge in [-0.05, 0) is 24.3 Å². The second kappa shape index (κ2) is 7.05. The average molecular weight is 319 g/mol. The number of aromatic nitrogens is 2. The van der Waals surface area contributed by atoms with Crippen molar-refractivity contribution in [2.45, 2.75) is 57.5 Å². The Morgan fingerprint density at radius 3 is 2.77 bits per heavy atom. The number of nitrogens with zero attached hydrogens (tertiary/aromatic N) is 2. The van der Waals surface area contributed by atoms with Crippen LogP contribution < -0.4 is 10.9 Å². The smallest absolute Gasteiger partial charge is 0.271 e. The lowest BCUT2D eigenvalue weighted by Gasteiger charge is -2.21. The molecule has 1 fully saturated rings. The first-order chi connectivity index (χ1) is 10.7. The van der Waals surface area contributed by atoms with E-state index in [2.05, 4.69) is 10.3 Å². The molecule has 0 aliphatic heterocycles. The molecule has 5 nitrogen and oxygen atoms in total. The maximum Gasteiger partial charge on any atom is 0.271 e. The third kappa shape index (κ3) is 3.55. The van der Waals surface area contributed by atoms with Gasteiger partial charge in [0.2, 0.25) is 5.91 Å². The highest BCUT2D eigenvalue weighted by Gasteiger charge is 2.15. The number of nitrogens with one attached hydrogen (secondary N) is 1. The number of carbonyl (C=O) groups excluding carboxylic acids is 1. The van der Waals surface area contributed by atoms with E-state index in [-0.39, 0.29) is 24.1 Å². The number of hydrogen-bond acceptors (Lipinski definition) is 4. The van der Waals surface area contributed by atoms with Crippen LogP contribution in [0, 0.1) is 0 Å². The van der Waals surface area contributed by atoms with Gasteiger partial charge < -0.3 is 5.32 Å². The molecule has 6 heteroatoms. The standard InChI is InChI=1S/C16H21N3O2S/c20-14(18-12-6-4-2-1-3-5-7-12)10-19-11-17-13-8-9-22-15(13)16(19)21/h8-9,11-12H,1-7,10H2,(H,18,20). The highest BCUT2D eigenvalue weighted by atomic mass is 32.1. The summed E-state index contributed by atoms with van der Waals surface area (Å²) in [4.78, 5) is 28.7. The van der Waals surface area contributed by atoms with Crippen LogP contribution in [-0.4, -0.2) is 21.5 Å². The summed E-state index contributed by atoms with van der Waals surface area (Å²) in [6, 6.07) is 2.07. The van der Waals surface area contributed by atoms with Crippen LogP contribution in [0.3, 0.4) is 0 Å². The van der Waals surface area contributed by atoms with E-state index in [4.69, 9.17) is 0 Å². The molecule has 1 aliphatic rings. The summed E-state index contributed by atoms with van der Waals surface area (Å²) < 4.78 is 2.01. The second-order valence-electron chi connectivity index (χ2n) is 5.92. The molecule has 1 amide bonds. The fourth-order valence-electron chi connectivity index (χ4n) is 3.02. The molecule has 22 heavy (non-hydrogen) atoms. The van der Waals surface area contributed by atoms with Gasteiger partial charge in [0.25, 0.3) is 5.56 Å². The summed E-state index contributed by atoms with van der Waals surface area (Å²) in [5.41, 5.74) is 0.569. The maximum atomic E-state index is 12.3. The van der Waals surface area contributed by atoms with Gasteiger partial charge in [0.1, 0.15) is 11.2 Å². The Balaban J connectivity index is 1.64. The molecule has 1 saturated carbocycles. The van der Waals surface area contributed by atoms with Gasteiger partial charge in [0.05, 0.1) is 11.8 Å². The molecule has 1 N–H and O–H groups in total. The van der Waals surface area contributed by atoms with Crippen molar-refractivity contribution < 1.29 is 4.79 Å². The molecular weight excluding hydrogens is 298 g/mol. The van der Waals surface area contributed by atoms with Crippen molar-refractivity contribution in [3.05, 3.63) is 28.1 Å². The van der Waals surface area contributed by atoms with Crippen molar-refractivity contribution in [3.63, 3.8) is 0 Å². The van der Waals surface area contributed by atoms with Gasteiger partial charge in [0, 0.05) is 6.04 Å². The van der Waals surface area contributed by atoms with Crippen molar-refractivity contribution in [1.82, 2.24) is 14.9 Å². The van der Waals surface area contributed by atoms with Crippen LogP contribution in [0.15, 0.2) is 22.6 Å². The number of fused-ring (bicyclic) bond motifs is 1. The van der Waals surface area contributed by atoms with Crippen LogP contribution in [-0.2, 0) is 11.3 Å². The Bertz CT molecular complexity index is 699. The third-order valence-electron chi connectivity index (χ3n) is 4.22. The predicted octanol–water partition coefficient (Wildman–Crippen LogP) is 2.69. The second-order valence-corrected chi connectivity index (χ2v) is 6.84. The number of rotatable bonds is 3. The molecular formula is C16H21N3O2S. The van der Waals surface area contributed by atoms with Gasteiger partial charge in [0.15, 0.2) is 0 Å². The lowest BCUT2D eigenvalue weighted by Crippen LogP contribution is -2.39. The first-order valence-electron chi connectivity index (χ1n) is 7.96. The van der Waals surface area contributed by atoms with Gasteiger partial charge in [-0.25, -0.2) is 4.98 Å². The molecule has 2 heterocycles. The Labute approximate surface area is 133 Å². The predicted molar refractivity (Wildman–Crippen MR) is 88.1 cm³/mol. The topological polar surface area (TPSA) is 64.0 Å². The fourth-order valence-corrected chi connectivity index (χ4v) is 3.81. The van der Waals surface area contributed by atoms with Crippen LogP contribution in [0.1, 0.15) is 44.9 Å². The largest absolute Gasteiger partial charge is 0.352 e. The molecule has 0 radical (unpaired) electrons. The van der Waals surface area contributed by atoms with E-state index in [0.29, 0.717) is 10.2 Å². The zero-order chi connectivity index (χ0) is 15.4. The minimum Gasteiger partial charge on any atom is -0.352 e. The quantitative estimate of drug-likeness (QED) is 0.946. The van der Waals surface area contributed by atoms with E-state index < -0.39 is 0 Å². The van der Waals surface area contributed by atoms with Crippen LogP contribution >= 0.6 is 11.3 Å². The number of thiophene rings is 1. The summed E-state index contributed by atoms with van der Waals surface area (Å²) >= 11 is 1.37. The summed E-state index contributed by atoms with van der Waals surface area (Å²) in [5, 5.41) is 4.93. The summed E-state index contributed by atoms with van der Waals surface area (Å²) in [7, 11) is 0. The van der Waals surface area contributed by atoms with Crippen LogP contribution in [0.5, 0.6) is 0 Å². The summed E-state index contributed by atoms with van der Waals surface area (Å²) in [6.45, 7) is 0.0518. The molecule has 1 aliphatic carbocycles. The van der Waals surface area contributed by atoms with Gasteiger partial charge in [-0.3, -0.25) is 14.2 Å². The van der Waals surface area contributed by atoms with Crippen LogP contribution in [0.4, 0.5) is 0 Å². The third-order valence-corrected chi connectivity index (χ3v) is 5.11. The van der Waals surface area contributed by atoms with Crippen molar-refractivity contribution in [3.8, 4) is 0 Å². The first-order valence-corrected chi connectivity index (χ1v) is 8.84. The zero-order valence-electron chi connectivity index (χ0n) is 12.6. The lowest BCUT2D eigenvalue weighted by molar-refractivity contribution is -0.122. The average Bonchev–Trinajstić information content (AvgIpc) is 2.94. The Kier molecular flexibility index (Phi) is 4.87. The fraction of sp³-hybridized carbons (Fsp3) is 0.562. The lowest BCUT2D eigenvalue weighted by atomic mass is 9.97. The molecule has 0 aromatic carbocycles.